The highest BCUT2D eigenvalue weighted by atomic mass is 19.1. The van der Waals surface area contributed by atoms with Crippen LogP contribution in [-0.2, 0) is 11.2 Å². The maximum absolute atomic E-state index is 13.4. The average molecular weight is 341 g/mol. The zero-order chi connectivity index (χ0) is 17.8. The predicted octanol–water partition coefficient (Wildman–Crippen LogP) is 2.58. The average Bonchev–Trinajstić information content (AvgIpc) is 2.61. The number of carbonyl (C=O) groups excluding carboxylic acids is 2. The molecular formula is C19H20FN3O2. The Balaban J connectivity index is 1.65. The summed E-state index contributed by atoms with van der Waals surface area (Å²) in [5, 5.41) is 5.38. The molecule has 0 spiro atoms. The van der Waals surface area contributed by atoms with E-state index in [9.17, 15) is 14.0 Å². The molecule has 0 aliphatic carbocycles. The number of hydrogen-bond donors (Lipinski definition) is 2. The zero-order valence-corrected chi connectivity index (χ0v) is 14.0. The Morgan fingerprint density at radius 3 is 2.64 bits per heavy atom. The summed E-state index contributed by atoms with van der Waals surface area (Å²) < 4.78 is 13.4. The number of anilines is 2. The highest BCUT2D eigenvalue weighted by Crippen LogP contribution is 2.27. The number of nitrogens with zero attached hydrogens (tertiary/aromatic N) is 1. The van der Waals surface area contributed by atoms with Gasteiger partial charge in [-0.1, -0.05) is 0 Å². The van der Waals surface area contributed by atoms with E-state index < -0.39 is 0 Å². The molecule has 130 valence electrons. The van der Waals surface area contributed by atoms with Crippen molar-refractivity contribution >= 4 is 23.2 Å². The van der Waals surface area contributed by atoms with Gasteiger partial charge in [-0.05, 0) is 60.9 Å². The van der Waals surface area contributed by atoms with Gasteiger partial charge in [0.1, 0.15) is 5.82 Å². The van der Waals surface area contributed by atoms with E-state index in [4.69, 9.17) is 0 Å². The molecule has 25 heavy (non-hydrogen) atoms. The first-order valence-corrected chi connectivity index (χ1v) is 8.22. The monoisotopic (exact) mass is 341 g/mol. The molecule has 2 amide bonds. The summed E-state index contributed by atoms with van der Waals surface area (Å²) in [6, 6.07) is 11.4. The van der Waals surface area contributed by atoms with Crippen LogP contribution in [0.2, 0.25) is 0 Å². The smallest absolute Gasteiger partial charge is 0.251 e. The molecule has 2 aromatic rings. The van der Waals surface area contributed by atoms with Crippen LogP contribution >= 0.6 is 0 Å². The van der Waals surface area contributed by atoms with Crippen molar-refractivity contribution in [1.29, 1.82) is 0 Å². The van der Waals surface area contributed by atoms with Crippen LogP contribution in [0.1, 0.15) is 22.3 Å². The van der Waals surface area contributed by atoms with Gasteiger partial charge in [0, 0.05) is 30.5 Å². The number of hydrogen-bond acceptors (Lipinski definition) is 3. The number of benzene rings is 2. The molecule has 0 aromatic heterocycles. The van der Waals surface area contributed by atoms with Crippen LogP contribution in [0.5, 0.6) is 0 Å². The highest BCUT2D eigenvalue weighted by molar-refractivity contribution is 5.96. The van der Waals surface area contributed by atoms with Crippen molar-refractivity contribution in [2.75, 3.05) is 30.4 Å². The van der Waals surface area contributed by atoms with E-state index in [1.165, 1.54) is 12.1 Å². The van der Waals surface area contributed by atoms with Crippen molar-refractivity contribution in [1.82, 2.24) is 5.32 Å². The summed E-state index contributed by atoms with van der Waals surface area (Å²) in [5.74, 6) is -0.568. The second-order valence-corrected chi connectivity index (χ2v) is 6.00. The molecule has 6 heteroatoms. The van der Waals surface area contributed by atoms with Crippen LogP contribution in [0.15, 0.2) is 42.5 Å². The minimum Gasteiger partial charge on any atom is -0.362 e. The molecule has 0 bridgehead atoms. The number of nitrogens with one attached hydrogen (secondary N) is 2. The molecule has 0 saturated heterocycles. The van der Waals surface area contributed by atoms with E-state index in [2.05, 4.69) is 10.6 Å². The molecule has 1 aliphatic rings. The zero-order valence-electron chi connectivity index (χ0n) is 14.0. The Morgan fingerprint density at radius 1 is 1.16 bits per heavy atom. The van der Waals surface area contributed by atoms with Gasteiger partial charge in [-0.15, -0.1) is 0 Å². The maximum Gasteiger partial charge on any atom is 0.251 e. The normalized spacial score (nSPS) is 13.1. The molecule has 5 nitrogen and oxygen atoms in total. The molecule has 0 unspecified atom stereocenters. The fraction of sp³-hybridized carbons (Fsp3) is 0.263. The highest BCUT2D eigenvalue weighted by Gasteiger charge is 2.19. The van der Waals surface area contributed by atoms with E-state index in [0.717, 1.165) is 30.6 Å². The summed E-state index contributed by atoms with van der Waals surface area (Å²) >= 11 is 0. The number of carbonyl (C=O) groups is 2. The summed E-state index contributed by atoms with van der Waals surface area (Å²) in [6.07, 6.45) is 1.72. The lowest BCUT2D eigenvalue weighted by Gasteiger charge is -2.30. The van der Waals surface area contributed by atoms with Gasteiger partial charge < -0.3 is 15.5 Å². The lowest BCUT2D eigenvalue weighted by atomic mass is 10.0. The molecule has 0 radical (unpaired) electrons. The first kappa shape index (κ1) is 17.0. The minimum absolute atomic E-state index is 0.148. The van der Waals surface area contributed by atoms with Crippen molar-refractivity contribution < 1.29 is 14.0 Å². The molecule has 2 N–H and O–H groups in total. The van der Waals surface area contributed by atoms with Crippen LogP contribution in [0.4, 0.5) is 15.8 Å². The number of fused-ring (bicyclic) bond motifs is 1. The molecule has 0 saturated carbocycles. The van der Waals surface area contributed by atoms with Gasteiger partial charge in [-0.2, -0.15) is 0 Å². The Labute approximate surface area is 145 Å². The van der Waals surface area contributed by atoms with Gasteiger partial charge >= 0.3 is 0 Å². The van der Waals surface area contributed by atoms with E-state index in [1.54, 1.807) is 37.4 Å². The van der Waals surface area contributed by atoms with Crippen molar-refractivity contribution in [2.45, 2.75) is 12.8 Å². The molecule has 3 rings (SSSR count). The summed E-state index contributed by atoms with van der Waals surface area (Å²) in [6.45, 7) is 0.970. The van der Waals surface area contributed by atoms with Crippen molar-refractivity contribution in [3.8, 4) is 0 Å². The lowest BCUT2D eigenvalue weighted by molar-refractivity contribution is -0.115. The number of aryl methyl sites for hydroxylation is 1. The van der Waals surface area contributed by atoms with Crippen LogP contribution in [0, 0.1) is 5.82 Å². The summed E-state index contributed by atoms with van der Waals surface area (Å²) in [7, 11) is 1.57. The van der Waals surface area contributed by atoms with Crippen LogP contribution < -0.4 is 15.5 Å². The fourth-order valence-electron chi connectivity index (χ4n) is 3.03. The van der Waals surface area contributed by atoms with Gasteiger partial charge in [0.25, 0.3) is 5.91 Å². The van der Waals surface area contributed by atoms with E-state index in [0.29, 0.717) is 11.3 Å². The maximum atomic E-state index is 13.4. The second-order valence-electron chi connectivity index (χ2n) is 6.00. The first-order chi connectivity index (χ1) is 12.1. The Hall–Kier alpha value is -2.89. The third-order valence-corrected chi connectivity index (χ3v) is 4.25. The summed E-state index contributed by atoms with van der Waals surface area (Å²) in [4.78, 5) is 25.8. The molecule has 1 aliphatic heterocycles. The van der Waals surface area contributed by atoms with Gasteiger partial charge in [0.15, 0.2) is 0 Å². The van der Waals surface area contributed by atoms with E-state index >= 15 is 0 Å². The van der Waals surface area contributed by atoms with Gasteiger partial charge in [0.05, 0.1) is 6.54 Å². The van der Waals surface area contributed by atoms with E-state index in [1.807, 2.05) is 4.90 Å². The largest absolute Gasteiger partial charge is 0.362 e. The van der Waals surface area contributed by atoms with Crippen LogP contribution in [0.3, 0.4) is 0 Å². The van der Waals surface area contributed by atoms with E-state index in [-0.39, 0.29) is 24.2 Å². The minimum atomic E-state index is -0.249. The summed E-state index contributed by atoms with van der Waals surface area (Å²) in [5.41, 5.74) is 3.02. The standard InChI is InChI=1S/C19H20FN3O2/c1-21-19(25)13-4-7-16(8-5-13)22-18(24)12-23-10-2-3-14-11-15(20)6-9-17(14)23/h4-9,11H,2-3,10,12H2,1H3,(H,21,25)(H,22,24). The van der Waals surface area contributed by atoms with Gasteiger partial charge in [-0.25, -0.2) is 4.39 Å². The number of rotatable bonds is 4. The van der Waals surface area contributed by atoms with Gasteiger partial charge in [0.2, 0.25) is 5.91 Å². The number of amides is 2. The quantitative estimate of drug-likeness (QED) is 0.898. The first-order valence-electron chi connectivity index (χ1n) is 8.22. The molecular weight excluding hydrogens is 321 g/mol. The molecule has 1 heterocycles. The number of halogens is 1. The fourth-order valence-corrected chi connectivity index (χ4v) is 3.03. The third kappa shape index (κ3) is 3.96. The molecule has 2 aromatic carbocycles. The Kier molecular flexibility index (Phi) is 4.97. The Morgan fingerprint density at radius 2 is 1.92 bits per heavy atom. The van der Waals surface area contributed by atoms with Gasteiger partial charge in [-0.3, -0.25) is 9.59 Å². The van der Waals surface area contributed by atoms with Crippen molar-refractivity contribution in [3.05, 3.63) is 59.4 Å². The van der Waals surface area contributed by atoms with Crippen LogP contribution in [-0.4, -0.2) is 32.0 Å². The third-order valence-electron chi connectivity index (χ3n) is 4.25. The molecule has 0 fully saturated rings. The predicted molar refractivity (Wildman–Crippen MR) is 95.4 cm³/mol. The Bertz CT molecular complexity index is 790. The van der Waals surface area contributed by atoms with Crippen molar-refractivity contribution in [3.63, 3.8) is 0 Å². The van der Waals surface area contributed by atoms with Crippen molar-refractivity contribution in [2.24, 2.45) is 0 Å². The molecule has 0 atom stereocenters. The second kappa shape index (κ2) is 7.34. The topological polar surface area (TPSA) is 61.4 Å². The SMILES string of the molecule is CNC(=O)c1ccc(NC(=O)CN2CCCc3cc(F)ccc32)cc1. The van der Waals surface area contributed by atoms with Crippen LogP contribution in [0.25, 0.3) is 0 Å². The lowest BCUT2D eigenvalue weighted by Crippen LogP contribution is -2.36.